The number of hydrogen-bond donors (Lipinski definition) is 2. The predicted molar refractivity (Wildman–Crippen MR) is 76.0 cm³/mol. The van der Waals surface area contributed by atoms with E-state index in [-0.39, 0.29) is 6.04 Å². The molecule has 5 nitrogen and oxygen atoms in total. The third-order valence-electron chi connectivity index (χ3n) is 2.90. The molecule has 3 N–H and O–H groups in total. The van der Waals surface area contributed by atoms with E-state index in [1.807, 2.05) is 17.4 Å². The fourth-order valence-electron chi connectivity index (χ4n) is 1.80. The van der Waals surface area contributed by atoms with E-state index >= 15 is 0 Å². The zero-order chi connectivity index (χ0) is 13.7. The van der Waals surface area contributed by atoms with Gasteiger partial charge in [0.15, 0.2) is 0 Å². The van der Waals surface area contributed by atoms with Gasteiger partial charge < -0.3 is 4.74 Å². The van der Waals surface area contributed by atoms with E-state index in [1.165, 1.54) is 9.75 Å². The van der Waals surface area contributed by atoms with Gasteiger partial charge in [0.05, 0.1) is 18.8 Å². The maximum absolute atomic E-state index is 5.62. The van der Waals surface area contributed by atoms with Gasteiger partial charge in [-0.25, -0.2) is 0 Å². The Balaban J connectivity index is 2.10. The SMILES string of the molecule is CCc1ccc(CC(NN)c2ccc(OC)nn2)s1. The van der Waals surface area contributed by atoms with Gasteiger partial charge in [-0.15, -0.1) is 16.4 Å². The molecule has 0 aliphatic carbocycles. The fraction of sp³-hybridized carbons (Fsp3) is 0.385. The maximum Gasteiger partial charge on any atom is 0.233 e. The van der Waals surface area contributed by atoms with Gasteiger partial charge in [-0.2, -0.15) is 5.10 Å². The number of aromatic nitrogens is 2. The van der Waals surface area contributed by atoms with Crippen LogP contribution in [-0.2, 0) is 12.8 Å². The van der Waals surface area contributed by atoms with Crippen LogP contribution in [0, 0.1) is 0 Å². The molecule has 0 amide bonds. The Kier molecular flexibility index (Phi) is 4.84. The van der Waals surface area contributed by atoms with Crippen molar-refractivity contribution in [2.45, 2.75) is 25.8 Å². The quantitative estimate of drug-likeness (QED) is 0.623. The maximum atomic E-state index is 5.62. The molecule has 0 aromatic carbocycles. The molecular formula is C13H18N4OS. The van der Waals surface area contributed by atoms with Gasteiger partial charge in [-0.1, -0.05) is 6.92 Å². The number of nitrogens with two attached hydrogens (primary N) is 1. The summed E-state index contributed by atoms with van der Waals surface area (Å²) in [6.07, 6.45) is 1.87. The van der Waals surface area contributed by atoms with Crippen molar-refractivity contribution in [2.75, 3.05) is 7.11 Å². The van der Waals surface area contributed by atoms with Crippen molar-refractivity contribution in [1.82, 2.24) is 15.6 Å². The molecule has 102 valence electrons. The first-order chi connectivity index (χ1) is 9.26. The van der Waals surface area contributed by atoms with E-state index in [9.17, 15) is 0 Å². The van der Waals surface area contributed by atoms with E-state index < -0.39 is 0 Å². The Morgan fingerprint density at radius 3 is 2.58 bits per heavy atom. The molecule has 6 heteroatoms. The highest BCUT2D eigenvalue weighted by atomic mass is 32.1. The second-order valence-corrected chi connectivity index (χ2v) is 5.40. The molecule has 1 unspecified atom stereocenters. The zero-order valence-electron chi connectivity index (χ0n) is 11.1. The number of methoxy groups -OCH3 is 1. The third-order valence-corrected chi connectivity index (χ3v) is 4.15. The summed E-state index contributed by atoms with van der Waals surface area (Å²) in [4.78, 5) is 2.67. The minimum Gasteiger partial charge on any atom is -0.480 e. The molecule has 0 aliphatic rings. The molecule has 0 spiro atoms. The standard InChI is InChI=1S/C13H18N4OS/c1-3-9-4-5-10(19-9)8-12(15-14)11-6-7-13(18-2)17-16-11/h4-7,12,15H,3,8,14H2,1-2H3. The highest BCUT2D eigenvalue weighted by molar-refractivity contribution is 7.11. The van der Waals surface area contributed by atoms with E-state index in [0.717, 1.165) is 18.5 Å². The van der Waals surface area contributed by atoms with Crippen LogP contribution in [0.3, 0.4) is 0 Å². The van der Waals surface area contributed by atoms with Gasteiger partial charge in [0.1, 0.15) is 0 Å². The van der Waals surface area contributed by atoms with Crippen LogP contribution in [0.2, 0.25) is 0 Å². The minimum absolute atomic E-state index is 0.0400. The van der Waals surface area contributed by atoms with Gasteiger partial charge in [-0.3, -0.25) is 11.3 Å². The largest absolute Gasteiger partial charge is 0.480 e. The highest BCUT2D eigenvalue weighted by Gasteiger charge is 2.14. The Morgan fingerprint density at radius 1 is 1.26 bits per heavy atom. The Hall–Kier alpha value is -1.50. The van der Waals surface area contributed by atoms with Gasteiger partial charge >= 0.3 is 0 Å². The number of hydrazine groups is 1. The van der Waals surface area contributed by atoms with Crippen LogP contribution < -0.4 is 16.0 Å². The molecule has 1 atom stereocenters. The predicted octanol–water partition coefficient (Wildman–Crippen LogP) is 1.86. The molecule has 2 aromatic heterocycles. The van der Waals surface area contributed by atoms with Crippen molar-refractivity contribution in [3.05, 3.63) is 39.7 Å². The van der Waals surface area contributed by atoms with Crippen molar-refractivity contribution in [3.63, 3.8) is 0 Å². The Labute approximate surface area is 116 Å². The number of thiophene rings is 1. The lowest BCUT2D eigenvalue weighted by atomic mass is 10.1. The van der Waals surface area contributed by atoms with Gasteiger partial charge in [0, 0.05) is 22.2 Å². The van der Waals surface area contributed by atoms with Gasteiger partial charge in [0.25, 0.3) is 0 Å². The molecule has 0 saturated carbocycles. The van der Waals surface area contributed by atoms with Crippen LogP contribution >= 0.6 is 11.3 Å². The van der Waals surface area contributed by atoms with Crippen molar-refractivity contribution in [1.29, 1.82) is 0 Å². The third kappa shape index (κ3) is 3.50. The number of nitrogens with one attached hydrogen (secondary N) is 1. The average Bonchev–Trinajstić information content (AvgIpc) is 2.92. The van der Waals surface area contributed by atoms with E-state index in [2.05, 4.69) is 34.7 Å². The van der Waals surface area contributed by atoms with Gasteiger partial charge in [0.2, 0.25) is 5.88 Å². The van der Waals surface area contributed by atoms with Crippen LogP contribution in [0.15, 0.2) is 24.3 Å². The summed E-state index contributed by atoms with van der Waals surface area (Å²) in [6.45, 7) is 2.16. The Bertz CT molecular complexity index is 512. The van der Waals surface area contributed by atoms with E-state index in [0.29, 0.717) is 5.88 Å². The summed E-state index contributed by atoms with van der Waals surface area (Å²) >= 11 is 1.81. The van der Waals surface area contributed by atoms with Crippen LogP contribution in [0.4, 0.5) is 0 Å². The summed E-state index contributed by atoms with van der Waals surface area (Å²) in [5.74, 6) is 6.12. The molecule has 0 fully saturated rings. The zero-order valence-corrected chi connectivity index (χ0v) is 11.9. The lowest BCUT2D eigenvalue weighted by Gasteiger charge is -2.13. The summed E-state index contributed by atoms with van der Waals surface area (Å²) < 4.78 is 5.00. The lowest BCUT2D eigenvalue weighted by molar-refractivity contribution is 0.389. The minimum atomic E-state index is -0.0400. The molecule has 19 heavy (non-hydrogen) atoms. The van der Waals surface area contributed by atoms with Crippen LogP contribution in [0.1, 0.15) is 28.4 Å². The van der Waals surface area contributed by atoms with E-state index in [1.54, 1.807) is 13.2 Å². The highest BCUT2D eigenvalue weighted by Crippen LogP contribution is 2.23. The number of rotatable bonds is 6. The molecule has 0 saturated heterocycles. The molecule has 0 radical (unpaired) electrons. The first kappa shape index (κ1) is 13.9. The summed E-state index contributed by atoms with van der Waals surface area (Å²) in [7, 11) is 1.57. The number of aryl methyl sites for hydroxylation is 1. The molecule has 2 rings (SSSR count). The van der Waals surface area contributed by atoms with Crippen molar-refractivity contribution >= 4 is 11.3 Å². The van der Waals surface area contributed by atoms with Crippen LogP contribution in [0.25, 0.3) is 0 Å². The van der Waals surface area contributed by atoms with E-state index in [4.69, 9.17) is 10.6 Å². The van der Waals surface area contributed by atoms with Crippen LogP contribution in [-0.4, -0.2) is 17.3 Å². The monoisotopic (exact) mass is 278 g/mol. The number of ether oxygens (including phenoxy) is 1. The smallest absolute Gasteiger partial charge is 0.233 e. The normalized spacial score (nSPS) is 12.4. The van der Waals surface area contributed by atoms with Gasteiger partial charge in [-0.05, 0) is 24.6 Å². The summed E-state index contributed by atoms with van der Waals surface area (Å²) in [5, 5.41) is 8.10. The Morgan fingerprint density at radius 2 is 2.05 bits per heavy atom. The summed E-state index contributed by atoms with van der Waals surface area (Å²) in [6, 6.07) is 7.93. The lowest BCUT2D eigenvalue weighted by Crippen LogP contribution is -2.30. The molecule has 2 aromatic rings. The van der Waals surface area contributed by atoms with Crippen molar-refractivity contribution < 1.29 is 4.74 Å². The molecule has 0 bridgehead atoms. The fourth-order valence-corrected chi connectivity index (χ4v) is 2.80. The van der Waals surface area contributed by atoms with Crippen molar-refractivity contribution in [3.8, 4) is 5.88 Å². The second kappa shape index (κ2) is 6.60. The second-order valence-electron chi connectivity index (χ2n) is 4.15. The average molecular weight is 278 g/mol. The van der Waals surface area contributed by atoms with Crippen LogP contribution in [0.5, 0.6) is 5.88 Å². The number of hydrogen-bond acceptors (Lipinski definition) is 6. The first-order valence-electron chi connectivity index (χ1n) is 6.18. The van der Waals surface area contributed by atoms with Crippen molar-refractivity contribution in [2.24, 2.45) is 5.84 Å². The summed E-state index contributed by atoms with van der Waals surface area (Å²) in [5.41, 5.74) is 3.61. The topological polar surface area (TPSA) is 73.1 Å². The molecular weight excluding hydrogens is 260 g/mol. The number of nitrogens with zero attached hydrogens (tertiary/aromatic N) is 2. The molecule has 0 aliphatic heterocycles. The first-order valence-corrected chi connectivity index (χ1v) is 6.99. The molecule has 2 heterocycles.